The van der Waals surface area contributed by atoms with E-state index in [1.54, 1.807) is 0 Å². The number of hydrogen-bond acceptors (Lipinski definition) is 3. The minimum Gasteiger partial charge on any atom is -0.295 e. The van der Waals surface area contributed by atoms with Crippen LogP contribution in [0.1, 0.15) is 0 Å². The van der Waals surface area contributed by atoms with Crippen molar-refractivity contribution in [1.82, 2.24) is 0 Å². The Hall–Kier alpha value is 3.01. The van der Waals surface area contributed by atoms with Crippen LogP contribution in [0.3, 0.4) is 0 Å². The SMILES string of the molecule is OCl.OCl.OCl.[Ca].[Na]. The van der Waals surface area contributed by atoms with Crippen LogP contribution in [0.2, 0.25) is 0 Å². The van der Waals surface area contributed by atoms with Gasteiger partial charge in [0.1, 0.15) is 0 Å². The number of rotatable bonds is 0. The van der Waals surface area contributed by atoms with Crippen molar-refractivity contribution < 1.29 is 14.0 Å². The second-order valence-corrected chi connectivity index (χ2v) is 0. The van der Waals surface area contributed by atoms with Gasteiger partial charge in [-0.15, -0.1) is 0 Å². The molecule has 3 N–H and O–H groups in total. The van der Waals surface area contributed by atoms with E-state index >= 15 is 0 Å². The Morgan fingerprint density at radius 3 is 0.625 bits per heavy atom. The van der Waals surface area contributed by atoms with Crippen molar-refractivity contribution in [2.45, 2.75) is 0 Å². The maximum atomic E-state index is 6.47. The summed E-state index contributed by atoms with van der Waals surface area (Å²) in [6.45, 7) is 0. The van der Waals surface area contributed by atoms with Crippen molar-refractivity contribution in [1.29, 1.82) is 0 Å². The average Bonchev–Trinajstić information content (AvgIpc) is 1.81. The van der Waals surface area contributed by atoms with Crippen LogP contribution in [0.4, 0.5) is 0 Å². The third-order valence-electron chi connectivity index (χ3n) is 0. The fourth-order valence-corrected chi connectivity index (χ4v) is 0. The zero-order chi connectivity index (χ0) is 6.00. The molecule has 0 saturated carbocycles. The van der Waals surface area contributed by atoms with Gasteiger partial charge >= 0.3 is 0 Å². The van der Waals surface area contributed by atoms with Gasteiger partial charge in [0.25, 0.3) is 0 Å². The zero-order valence-electron chi connectivity index (χ0n) is 4.18. The quantitative estimate of drug-likeness (QED) is 0.489. The molecule has 45 valence electrons. The van der Waals surface area contributed by atoms with E-state index in [0.717, 1.165) is 0 Å². The summed E-state index contributed by atoms with van der Waals surface area (Å²) < 4.78 is 19.4. The van der Waals surface area contributed by atoms with Crippen LogP contribution in [-0.4, -0.2) is 81.3 Å². The fourth-order valence-electron chi connectivity index (χ4n) is 0. The van der Waals surface area contributed by atoms with Crippen molar-refractivity contribution in [3.63, 3.8) is 0 Å². The molecule has 0 fully saturated rings. The molecule has 0 amide bonds. The van der Waals surface area contributed by atoms with Crippen molar-refractivity contribution in [2.75, 3.05) is 0 Å². The number of halogens is 3. The third kappa shape index (κ3) is 63.8. The van der Waals surface area contributed by atoms with Gasteiger partial charge < -0.3 is 0 Å². The Morgan fingerprint density at radius 1 is 0.625 bits per heavy atom. The molecule has 0 atom stereocenters. The molecule has 8 heavy (non-hydrogen) atoms. The first-order valence-electron chi connectivity index (χ1n) is 0.507. The molecule has 0 saturated heterocycles. The van der Waals surface area contributed by atoms with E-state index in [9.17, 15) is 0 Å². The number of hydrogen-bond donors (Lipinski definition) is 3. The average molecular weight is 220 g/mol. The van der Waals surface area contributed by atoms with Crippen LogP contribution in [0.15, 0.2) is 0 Å². The Kier molecular flexibility index (Phi) is 342. The summed E-state index contributed by atoms with van der Waals surface area (Å²) >= 11 is 10.9. The van der Waals surface area contributed by atoms with E-state index in [1.165, 1.54) is 0 Å². The van der Waals surface area contributed by atoms with E-state index in [-0.39, 0.29) is 67.3 Å². The topological polar surface area (TPSA) is 60.7 Å². The molecule has 0 aliphatic rings. The van der Waals surface area contributed by atoms with Crippen LogP contribution in [0, 0.1) is 0 Å². The van der Waals surface area contributed by atoms with Crippen molar-refractivity contribution in [3.8, 4) is 0 Å². The van der Waals surface area contributed by atoms with Crippen LogP contribution in [0.25, 0.3) is 0 Å². The van der Waals surface area contributed by atoms with Crippen molar-refractivity contribution in [2.24, 2.45) is 0 Å². The molecule has 0 aliphatic carbocycles. The van der Waals surface area contributed by atoms with Gasteiger partial charge in [-0.05, 0) is 0 Å². The summed E-state index contributed by atoms with van der Waals surface area (Å²) in [4.78, 5) is 0. The predicted octanol–water partition coefficient (Wildman–Crippen LogP) is -0.364. The molecule has 0 aromatic heterocycles. The normalized spacial score (nSPS) is 2.25. The Morgan fingerprint density at radius 2 is 0.625 bits per heavy atom. The largest absolute Gasteiger partial charge is 0.295 e. The van der Waals surface area contributed by atoms with Gasteiger partial charge in [-0.1, -0.05) is 0 Å². The van der Waals surface area contributed by atoms with E-state index in [0.29, 0.717) is 0 Å². The van der Waals surface area contributed by atoms with Crippen molar-refractivity contribution >= 4 is 103 Å². The molecule has 8 heteroatoms. The Labute approximate surface area is 115 Å². The van der Waals surface area contributed by atoms with Gasteiger partial charge in [-0.3, -0.25) is 14.0 Å². The smallest absolute Gasteiger partial charge is 0.0579 e. The first-order valence-corrected chi connectivity index (χ1v) is 1.52. The second kappa shape index (κ2) is 89.7. The van der Waals surface area contributed by atoms with Crippen LogP contribution in [-0.2, 0) is 0 Å². The molecule has 0 unspecified atom stereocenters. The maximum absolute atomic E-state index is 6.47. The van der Waals surface area contributed by atoms with Gasteiger partial charge in [0.05, 0.1) is 35.6 Å². The standard InChI is InChI=1S/Ca.3ClHO.Na/c;3*1-2;/h;3*2H;. The molecule has 0 bridgehead atoms. The first-order chi connectivity index (χ1) is 3.00. The van der Waals surface area contributed by atoms with E-state index in [2.05, 4.69) is 35.6 Å². The third-order valence-corrected chi connectivity index (χ3v) is 0. The summed E-state index contributed by atoms with van der Waals surface area (Å²) in [7, 11) is 0. The summed E-state index contributed by atoms with van der Waals surface area (Å²) in [5.74, 6) is 0. The minimum absolute atomic E-state index is 0. The van der Waals surface area contributed by atoms with Gasteiger partial charge in [0.2, 0.25) is 0 Å². The molecular formula is H3CaCl3NaO3. The van der Waals surface area contributed by atoms with Gasteiger partial charge in [-0.25, -0.2) is 0 Å². The van der Waals surface area contributed by atoms with Gasteiger partial charge in [-0.2, -0.15) is 0 Å². The van der Waals surface area contributed by atoms with Gasteiger partial charge in [0.15, 0.2) is 0 Å². The van der Waals surface area contributed by atoms with E-state index in [4.69, 9.17) is 14.0 Å². The minimum atomic E-state index is 0. The maximum Gasteiger partial charge on any atom is 0.0579 e. The molecular weight excluding hydrogens is 217 g/mol. The molecule has 0 heterocycles. The van der Waals surface area contributed by atoms with Crippen LogP contribution >= 0.6 is 35.6 Å². The van der Waals surface area contributed by atoms with Crippen LogP contribution < -0.4 is 0 Å². The second-order valence-electron chi connectivity index (χ2n) is 0. The molecule has 3 nitrogen and oxygen atoms in total. The fraction of sp³-hybridized carbons (Fsp3) is 0. The molecule has 0 rings (SSSR count). The van der Waals surface area contributed by atoms with Crippen LogP contribution in [0.5, 0.6) is 0 Å². The zero-order valence-corrected chi connectivity index (χ0v) is 10.7. The first kappa shape index (κ1) is 30.5. The molecule has 0 aromatic rings. The summed E-state index contributed by atoms with van der Waals surface area (Å²) in [6.07, 6.45) is 0. The summed E-state index contributed by atoms with van der Waals surface area (Å²) in [5.41, 5.74) is 0. The summed E-state index contributed by atoms with van der Waals surface area (Å²) in [5, 5.41) is 0. The molecule has 0 spiro atoms. The Bertz CT molecular complexity index is 14.5. The van der Waals surface area contributed by atoms with Crippen molar-refractivity contribution in [3.05, 3.63) is 0 Å². The summed E-state index contributed by atoms with van der Waals surface area (Å²) in [6, 6.07) is 0. The Balaban J connectivity index is -0.00000000500. The van der Waals surface area contributed by atoms with Gasteiger partial charge in [0, 0.05) is 67.3 Å². The molecule has 0 aliphatic heterocycles. The van der Waals surface area contributed by atoms with E-state index in [1.807, 2.05) is 0 Å². The monoisotopic (exact) mass is 219 g/mol. The molecule has 3 radical (unpaired) electrons. The van der Waals surface area contributed by atoms with E-state index < -0.39 is 0 Å². The molecule has 0 aromatic carbocycles. The predicted molar refractivity (Wildman–Crippen MR) is 35.7 cm³/mol.